The Bertz CT molecular complexity index is 574. The molecule has 0 spiro atoms. The third-order valence-corrected chi connectivity index (χ3v) is 3.84. The monoisotopic (exact) mass is 270 g/mol. The molecule has 4 nitrogen and oxygen atoms in total. The molecule has 1 N–H and O–H groups in total. The third-order valence-electron chi connectivity index (χ3n) is 3.84. The van der Waals surface area contributed by atoms with E-state index in [9.17, 15) is 0 Å². The average molecular weight is 270 g/mol. The second-order valence-corrected chi connectivity index (χ2v) is 5.40. The molecule has 0 bridgehead atoms. The molecule has 106 valence electrons. The van der Waals surface area contributed by atoms with Gasteiger partial charge >= 0.3 is 0 Å². The number of hydrogen-bond acceptors (Lipinski definition) is 3. The van der Waals surface area contributed by atoms with Gasteiger partial charge in [-0.25, -0.2) is 4.98 Å². The molecular formula is C16H22N4. The number of aryl methyl sites for hydroxylation is 1. The van der Waals surface area contributed by atoms with Crippen molar-refractivity contribution in [1.82, 2.24) is 19.9 Å². The minimum absolute atomic E-state index is 0.832. The molecule has 2 aromatic heterocycles. The lowest BCUT2D eigenvalue weighted by molar-refractivity contribution is 0.653. The highest BCUT2D eigenvalue weighted by molar-refractivity contribution is 5.36. The van der Waals surface area contributed by atoms with Crippen LogP contribution in [-0.2, 0) is 19.4 Å². The van der Waals surface area contributed by atoms with Gasteiger partial charge < -0.3 is 9.88 Å². The van der Waals surface area contributed by atoms with Crippen LogP contribution in [0.25, 0.3) is 5.69 Å². The van der Waals surface area contributed by atoms with Crippen molar-refractivity contribution in [2.75, 3.05) is 6.54 Å². The summed E-state index contributed by atoms with van der Waals surface area (Å²) < 4.78 is 2.24. The molecular weight excluding hydrogens is 248 g/mol. The summed E-state index contributed by atoms with van der Waals surface area (Å²) in [5.41, 5.74) is 4.94. The number of hydrogen-bond donors (Lipinski definition) is 1. The van der Waals surface area contributed by atoms with Gasteiger partial charge in [0.2, 0.25) is 0 Å². The lowest BCUT2D eigenvalue weighted by Gasteiger charge is -2.14. The SMILES string of the molecule is CCCNCc1cc(-n2cnc3c2CCCC3)ccn1. The molecule has 20 heavy (non-hydrogen) atoms. The Morgan fingerprint density at radius 3 is 3.05 bits per heavy atom. The molecule has 0 saturated heterocycles. The Balaban J connectivity index is 1.83. The zero-order valence-corrected chi connectivity index (χ0v) is 12.1. The van der Waals surface area contributed by atoms with Gasteiger partial charge in [-0.3, -0.25) is 4.98 Å². The Hall–Kier alpha value is -1.68. The number of nitrogens with one attached hydrogen (secondary N) is 1. The van der Waals surface area contributed by atoms with E-state index in [0.29, 0.717) is 0 Å². The van der Waals surface area contributed by atoms with E-state index in [1.807, 2.05) is 12.5 Å². The first kappa shape index (κ1) is 13.3. The lowest BCUT2D eigenvalue weighted by Crippen LogP contribution is -2.15. The van der Waals surface area contributed by atoms with Crippen LogP contribution in [-0.4, -0.2) is 21.1 Å². The van der Waals surface area contributed by atoms with Crippen molar-refractivity contribution in [3.63, 3.8) is 0 Å². The smallest absolute Gasteiger partial charge is 0.0997 e. The Morgan fingerprint density at radius 1 is 1.25 bits per heavy atom. The minimum atomic E-state index is 0.832. The van der Waals surface area contributed by atoms with E-state index in [-0.39, 0.29) is 0 Å². The minimum Gasteiger partial charge on any atom is -0.311 e. The first-order valence-corrected chi connectivity index (χ1v) is 7.59. The second-order valence-electron chi connectivity index (χ2n) is 5.40. The first-order chi connectivity index (χ1) is 9.88. The maximum Gasteiger partial charge on any atom is 0.0997 e. The fraction of sp³-hybridized carbons (Fsp3) is 0.500. The summed E-state index contributed by atoms with van der Waals surface area (Å²) in [7, 11) is 0. The molecule has 0 aromatic carbocycles. The predicted molar refractivity (Wildman–Crippen MR) is 80.0 cm³/mol. The molecule has 0 atom stereocenters. The summed E-state index contributed by atoms with van der Waals surface area (Å²) >= 11 is 0. The zero-order chi connectivity index (χ0) is 13.8. The molecule has 3 rings (SSSR count). The van der Waals surface area contributed by atoms with Gasteiger partial charge in [0.1, 0.15) is 0 Å². The third kappa shape index (κ3) is 2.75. The van der Waals surface area contributed by atoms with Gasteiger partial charge in [0.25, 0.3) is 0 Å². The van der Waals surface area contributed by atoms with Crippen molar-refractivity contribution in [2.24, 2.45) is 0 Å². The van der Waals surface area contributed by atoms with Crippen LogP contribution >= 0.6 is 0 Å². The maximum atomic E-state index is 4.57. The van der Waals surface area contributed by atoms with Crippen molar-refractivity contribution in [3.05, 3.63) is 41.7 Å². The summed E-state index contributed by atoms with van der Waals surface area (Å²) in [5, 5.41) is 3.40. The molecule has 0 amide bonds. The zero-order valence-electron chi connectivity index (χ0n) is 12.1. The number of fused-ring (bicyclic) bond motifs is 1. The van der Waals surface area contributed by atoms with Crippen molar-refractivity contribution in [1.29, 1.82) is 0 Å². The Kier molecular flexibility index (Phi) is 4.11. The highest BCUT2D eigenvalue weighted by atomic mass is 15.1. The van der Waals surface area contributed by atoms with E-state index < -0.39 is 0 Å². The van der Waals surface area contributed by atoms with Crippen LogP contribution in [0.3, 0.4) is 0 Å². The highest BCUT2D eigenvalue weighted by Gasteiger charge is 2.16. The molecule has 2 aromatic rings. The van der Waals surface area contributed by atoms with Crippen LogP contribution in [0.2, 0.25) is 0 Å². The number of imidazole rings is 1. The van der Waals surface area contributed by atoms with E-state index in [0.717, 1.165) is 38.0 Å². The van der Waals surface area contributed by atoms with Crippen LogP contribution in [0.1, 0.15) is 43.3 Å². The van der Waals surface area contributed by atoms with Crippen LogP contribution in [0, 0.1) is 0 Å². The predicted octanol–water partition coefficient (Wildman–Crippen LogP) is 2.65. The summed E-state index contributed by atoms with van der Waals surface area (Å²) in [6, 6.07) is 4.24. The summed E-state index contributed by atoms with van der Waals surface area (Å²) in [4.78, 5) is 9.00. The van der Waals surface area contributed by atoms with E-state index in [2.05, 4.69) is 38.9 Å². The van der Waals surface area contributed by atoms with Crippen LogP contribution < -0.4 is 5.32 Å². The van der Waals surface area contributed by atoms with E-state index >= 15 is 0 Å². The largest absolute Gasteiger partial charge is 0.311 e. The second kappa shape index (κ2) is 6.18. The fourth-order valence-corrected chi connectivity index (χ4v) is 2.80. The van der Waals surface area contributed by atoms with E-state index in [1.54, 1.807) is 0 Å². The fourth-order valence-electron chi connectivity index (χ4n) is 2.80. The molecule has 1 aliphatic carbocycles. The number of nitrogens with zero attached hydrogens (tertiary/aromatic N) is 3. The van der Waals surface area contributed by atoms with Crippen LogP contribution in [0.15, 0.2) is 24.7 Å². The molecule has 0 fully saturated rings. The summed E-state index contributed by atoms with van der Waals surface area (Å²) in [5.74, 6) is 0. The van der Waals surface area contributed by atoms with Crippen molar-refractivity contribution >= 4 is 0 Å². The summed E-state index contributed by atoms with van der Waals surface area (Å²) in [6.07, 6.45) is 9.82. The van der Waals surface area contributed by atoms with Crippen molar-refractivity contribution in [3.8, 4) is 5.69 Å². The molecule has 0 aliphatic heterocycles. The van der Waals surface area contributed by atoms with Crippen molar-refractivity contribution in [2.45, 2.75) is 45.6 Å². The van der Waals surface area contributed by atoms with Crippen LogP contribution in [0.5, 0.6) is 0 Å². The molecule has 0 unspecified atom stereocenters. The Morgan fingerprint density at radius 2 is 2.15 bits per heavy atom. The van der Waals surface area contributed by atoms with Gasteiger partial charge in [-0.15, -0.1) is 0 Å². The number of aromatic nitrogens is 3. The van der Waals surface area contributed by atoms with Crippen LogP contribution in [0.4, 0.5) is 0 Å². The van der Waals surface area contributed by atoms with Gasteiger partial charge in [0, 0.05) is 18.4 Å². The quantitative estimate of drug-likeness (QED) is 0.849. The van der Waals surface area contributed by atoms with E-state index in [4.69, 9.17) is 0 Å². The molecule has 0 saturated carbocycles. The molecule has 2 heterocycles. The first-order valence-electron chi connectivity index (χ1n) is 7.59. The maximum absolute atomic E-state index is 4.57. The van der Waals surface area contributed by atoms with Gasteiger partial charge in [-0.2, -0.15) is 0 Å². The Labute approximate surface area is 120 Å². The molecule has 4 heteroatoms. The van der Waals surface area contributed by atoms with Gasteiger partial charge in [-0.1, -0.05) is 6.92 Å². The normalized spacial score (nSPS) is 14.2. The standard InChI is InChI=1S/C16H22N4/c1-2-8-17-11-13-10-14(7-9-18-13)20-12-19-15-5-3-4-6-16(15)20/h7,9-10,12,17H,2-6,8,11H2,1H3. The highest BCUT2D eigenvalue weighted by Crippen LogP contribution is 2.23. The van der Waals surface area contributed by atoms with Gasteiger partial charge in [0.05, 0.1) is 23.4 Å². The average Bonchev–Trinajstić information content (AvgIpc) is 2.92. The van der Waals surface area contributed by atoms with Gasteiger partial charge in [0.15, 0.2) is 0 Å². The topological polar surface area (TPSA) is 42.7 Å². The number of rotatable bonds is 5. The van der Waals surface area contributed by atoms with Gasteiger partial charge in [-0.05, 0) is 50.8 Å². The molecule has 0 radical (unpaired) electrons. The molecule has 1 aliphatic rings. The number of pyridine rings is 1. The van der Waals surface area contributed by atoms with E-state index in [1.165, 1.54) is 29.9 Å². The van der Waals surface area contributed by atoms with Crippen molar-refractivity contribution < 1.29 is 0 Å². The summed E-state index contributed by atoms with van der Waals surface area (Å²) in [6.45, 7) is 4.04. The lowest BCUT2D eigenvalue weighted by atomic mass is 10.0.